The Morgan fingerprint density at radius 2 is 1.81 bits per heavy atom. The second-order valence-corrected chi connectivity index (χ2v) is 7.81. The zero-order valence-electron chi connectivity index (χ0n) is 11.2. The summed E-state index contributed by atoms with van der Waals surface area (Å²) in [6, 6.07) is 0. The third kappa shape index (κ3) is 2.94. The van der Waals surface area contributed by atoms with E-state index in [4.69, 9.17) is 0 Å². The topological polar surface area (TPSA) is 66.1 Å². The molecule has 1 aromatic heterocycles. The number of sulfonamides is 1. The van der Waals surface area contributed by atoms with Crippen LogP contribution in [0.2, 0.25) is 0 Å². The molecule has 2 fully saturated rings. The zero-order valence-corrected chi connectivity index (χ0v) is 12.0. The first-order valence-electron chi connectivity index (χ1n) is 6.89. The van der Waals surface area contributed by atoms with Crippen LogP contribution in [0.15, 0.2) is 6.20 Å². The molecule has 118 valence electrons. The summed E-state index contributed by atoms with van der Waals surface area (Å²) in [5.41, 5.74) is -0.856. The van der Waals surface area contributed by atoms with E-state index in [9.17, 15) is 21.6 Å². The predicted molar refractivity (Wildman–Crippen MR) is 69.1 cm³/mol. The van der Waals surface area contributed by atoms with Crippen LogP contribution in [-0.4, -0.2) is 41.0 Å². The molecule has 0 amide bonds. The second-order valence-electron chi connectivity index (χ2n) is 5.60. The van der Waals surface area contributed by atoms with Crippen LogP contribution < -0.4 is 0 Å². The highest BCUT2D eigenvalue weighted by molar-refractivity contribution is 7.90. The van der Waals surface area contributed by atoms with Gasteiger partial charge in [-0.25, -0.2) is 17.7 Å². The van der Waals surface area contributed by atoms with Gasteiger partial charge < -0.3 is 4.98 Å². The molecule has 1 aliphatic carbocycles. The van der Waals surface area contributed by atoms with Crippen molar-refractivity contribution in [2.45, 2.75) is 43.0 Å². The number of piperidine rings is 1. The number of nitrogens with one attached hydrogen (secondary N) is 1. The number of rotatable bonds is 3. The summed E-state index contributed by atoms with van der Waals surface area (Å²) in [7, 11) is -3.19. The number of alkyl halides is 3. The molecule has 2 aliphatic rings. The van der Waals surface area contributed by atoms with Crippen LogP contribution in [0.1, 0.15) is 43.1 Å². The number of halogens is 3. The lowest BCUT2D eigenvalue weighted by molar-refractivity contribution is -0.141. The van der Waals surface area contributed by atoms with Crippen molar-refractivity contribution in [1.29, 1.82) is 0 Å². The van der Waals surface area contributed by atoms with Crippen molar-refractivity contribution in [2.24, 2.45) is 0 Å². The molecule has 0 radical (unpaired) electrons. The van der Waals surface area contributed by atoms with Crippen molar-refractivity contribution >= 4 is 10.0 Å². The third-order valence-corrected chi connectivity index (χ3v) is 6.45. The lowest BCUT2D eigenvalue weighted by Crippen LogP contribution is -2.39. The summed E-state index contributed by atoms with van der Waals surface area (Å²) >= 11 is 0. The normalized spacial score (nSPS) is 22.6. The first-order valence-corrected chi connectivity index (χ1v) is 8.40. The highest BCUT2D eigenvalue weighted by atomic mass is 32.2. The van der Waals surface area contributed by atoms with E-state index < -0.39 is 21.9 Å². The van der Waals surface area contributed by atoms with E-state index in [1.54, 1.807) is 0 Å². The summed E-state index contributed by atoms with van der Waals surface area (Å²) in [5.74, 6) is 0.151. The number of hydrogen-bond acceptors (Lipinski definition) is 3. The van der Waals surface area contributed by atoms with Gasteiger partial charge in [-0.2, -0.15) is 13.2 Å². The first kappa shape index (κ1) is 14.8. The monoisotopic (exact) mass is 323 g/mol. The molecule has 5 nitrogen and oxygen atoms in total. The Bertz CT molecular complexity index is 614. The quantitative estimate of drug-likeness (QED) is 0.926. The summed E-state index contributed by atoms with van der Waals surface area (Å²) in [4.78, 5) is 6.10. The number of H-pyrrole nitrogens is 1. The van der Waals surface area contributed by atoms with Gasteiger partial charge in [0.25, 0.3) is 0 Å². The largest absolute Gasteiger partial charge is 0.432 e. The van der Waals surface area contributed by atoms with Gasteiger partial charge in [-0.1, -0.05) is 0 Å². The number of nitrogens with zero attached hydrogens (tertiary/aromatic N) is 2. The average molecular weight is 323 g/mol. The minimum atomic E-state index is -4.43. The molecule has 1 aliphatic heterocycles. The van der Waals surface area contributed by atoms with Gasteiger partial charge in [0.2, 0.25) is 10.0 Å². The molecule has 0 spiro atoms. The van der Waals surface area contributed by atoms with Crippen LogP contribution >= 0.6 is 0 Å². The van der Waals surface area contributed by atoms with E-state index in [1.165, 1.54) is 4.31 Å². The van der Waals surface area contributed by atoms with E-state index in [-0.39, 0.29) is 11.2 Å². The Morgan fingerprint density at radius 1 is 1.19 bits per heavy atom. The van der Waals surface area contributed by atoms with Gasteiger partial charge in [0.15, 0.2) is 0 Å². The molecule has 1 N–H and O–H groups in total. The smallest absolute Gasteiger partial charge is 0.338 e. The zero-order chi connectivity index (χ0) is 15.3. The Labute approximate surface area is 120 Å². The molecule has 1 aromatic rings. The van der Waals surface area contributed by atoms with Gasteiger partial charge in [0, 0.05) is 19.0 Å². The first-order chi connectivity index (χ1) is 9.78. The Balaban J connectivity index is 1.64. The summed E-state index contributed by atoms with van der Waals surface area (Å²) in [6.07, 6.45) is -1.21. The maximum Gasteiger partial charge on any atom is 0.432 e. The number of hydrogen-bond donors (Lipinski definition) is 1. The van der Waals surface area contributed by atoms with Crippen LogP contribution in [0.4, 0.5) is 13.2 Å². The maximum atomic E-state index is 12.5. The molecular formula is C12H16F3N3O2S. The third-order valence-electron chi connectivity index (χ3n) is 4.05. The molecule has 0 unspecified atom stereocenters. The van der Waals surface area contributed by atoms with Crippen LogP contribution in [0, 0.1) is 0 Å². The summed E-state index contributed by atoms with van der Waals surface area (Å²) in [6.45, 7) is 0.705. The van der Waals surface area contributed by atoms with Crippen LogP contribution in [0.5, 0.6) is 0 Å². The van der Waals surface area contributed by atoms with Gasteiger partial charge in [0.1, 0.15) is 11.5 Å². The van der Waals surface area contributed by atoms with Gasteiger partial charge in [-0.15, -0.1) is 0 Å². The summed E-state index contributed by atoms with van der Waals surface area (Å²) < 4.78 is 63.2. The molecule has 9 heteroatoms. The van der Waals surface area contributed by atoms with Crippen molar-refractivity contribution in [1.82, 2.24) is 14.3 Å². The van der Waals surface area contributed by atoms with Crippen molar-refractivity contribution in [3.05, 3.63) is 17.7 Å². The fourth-order valence-electron chi connectivity index (χ4n) is 2.65. The fourth-order valence-corrected chi connectivity index (χ4v) is 4.52. The van der Waals surface area contributed by atoms with E-state index in [0.29, 0.717) is 31.8 Å². The molecule has 21 heavy (non-hydrogen) atoms. The molecule has 1 saturated carbocycles. The van der Waals surface area contributed by atoms with Crippen LogP contribution in [0.25, 0.3) is 0 Å². The van der Waals surface area contributed by atoms with Crippen LogP contribution in [0.3, 0.4) is 0 Å². The number of aromatic amines is 1. The van der Waals surface area contributed by atoms with Gasteiger partial charge in [0.05, 0.1) is 11.4 Å². The van der Waals surface area contributed by atoms with E-state index in [0.717, 1.165) is 19.0 Å². The van der Waals surface area contributed by atoms with Crippen molar-refractivity contribution < 1.29 is 21.6 Å². The molecule has 2 heterocycles. The second kappa shape index (κ2) is 4.98. The average Bonchev–Trinajstić information content (AvgIpc) is 3.16. The van der Waals surface area contributed by atoms with Gasteiger partial charge >= 0.3 is 6.18 Å². The lowest BCUT2D eigenvalue weighted by atomic mass is 9.97. The van der Waals surface area contributed by atoms with Crippen LogP contribution in [-0.2, 0) is 16.2 Å². The molecular weight excluding hydrogens is 307 g/mol. The number of imidazole rings is 1. The fraction of sp³-hybridized carbons (Fsp3) is 0.750. The van der Waals surface area contributed by atoms with Gasteiger partial charge in [-0.3, -0.25) is 0 Å². The molecule has 1 saturated heterocycles. The van der Waals surface area contributed by atoms with E-state index >= 15 is 0 Å². The Kier molecular flexibility index (Phi) is 3.52. The lowest BCUT2D eigenvalue weighted by Gasteiger charge is -2.30. The molecule has 3 rings (SSSR count). The highest BCUT2D eigenvalue weighted by Crippen LogP contribution is 2.35. The maximum absolute atomic E-state index is 12.5. The minimum Gasteiger partial charge on any atom is -0.338 e. The molecule has 0 bridgehead atoms. The van der Waals surface area contributed by atoms with Crippen molar-refractivity contribution in [3.63, 3.8) is 0 Å². The van der Waals surface area contributed by atoms with Crippen molar-refractivity contribution in [3.8, 4) is 0 Å². The Hall–Kier alpha value is -1.09. The minimum absolute atomic E-state index is 0.147. The predicted octanol–water partition coefficient (Wildman–Crippen LogP) is 2.10. The SMILES string of the molecule is O=S(=O)(C1CC1)N1CCC(c2ncc(C(F)(F)F)[nH]2)CC1. The van der Waals surface area contributed by atoms with E-state index in [1.807, 2.05) is 0 Å². The number of aromatic nitrogens is 2. The molecule has 0 aromatic carbocycles. The van der Waals surface area contributed by atoms with Crippen molar-refractivity contribution in [2.75, 3.05) is 13.1 Å². The summed E-state index contributed by atoms with van der Waals surface area (Å²) in [5, 5.41) is -0.241. The van der Waals surface area contributed by atoms with E-state index in [2.05, 4.69) is 9.97 Å². The Morgan fingerprint density at radius 3 is 2.29 bits per heavy atom. The van der Waals surface area contributed by atoms with Gasteiger partial charge in [-0.05, 0) is 25.7 Å². The molecule has 0 atom stereocenters. The highest BCUT2D eigenvalue weighted by Gasteiger charge is 2.41. The standard InChI is InChI=1S/C12H16F3N3O2S/c13-12(14,15)10-7-16-11(17-10)8-3-5-18(6-4-8)21(19,20)9-1-2-9/h7-9H,1-6H2,(H,16,17).